The van der Waals surface area contributed by atoms with Crippen molar-refractivity contribution >= 4 is 5.91 Å². The number of ether oxygens (including phenoxy) is 1. The average Bonchev–Trinajstić information content (AvgIpc) is 2.65. The van der Waals surface area contributed by atoms with Gasteiger partial charge in [0, 0.05) is 19.6 Å². The van der Waals surface area contributed by atoms with Crippen LogP contribution in [0.25, 0.3) is 0 Å². The first kappa shape index (κ1) is 12.5. The van der Waals surface area contributed by atoms with Crippen LogP contribution < -0.4 is 11.1 Å². The molecule has 1 aliphatic rings. The zero-order valence-electron chi connectivity index (χ0n) is 9.66. The van der Waals surface area contributed by atoms with Crippen molar-refractivity contribution in [3.8, 4) is 0 Å². The van der Waals surface area contributed by atoms with Crippen molar-refractivity contribution in [3.05, 3.63) is 0 Å². The molecule has 0 aromatic rings. The lowest BCUT2D eigenvalue weighted by atomic mass is 10.1. The van der Waals surface area contributed by atoms with E-state index in [1.165, 1.54) is 0 Å². The zero-order valence-corrected chi connectivity index (χ0v) is 9.66. The summed E-state index contributed by atoms with van der Waals surface area (Å²) in [6.07, 6.45) is 3.88. The number of amides is 1. The lowest BCUT2D eigenvalue weighted by Gasteiger charge is -2.14. The Balaban J connectivity index is 2.21. The Kier molecular flexibility index (Phi) is 5.05. The second-order valence-corrected chi connectivity index (χ2v) is 4.48. The normalized spacial score (nSPS) is 27.7. The molecule has 0 aromatic carbocycles. The monoisotopic (exact) mass is 214 g/mol. The standard InChI is InChI=1S/C11H22N2O2/c1-8(7-12)5-11(14)13-9-3-4-10(6-9)15-2/h8-10H,3-7,12H2,1-2H3,(H,13,14). The van der Waals surface area contributed by atoms with Gasteiger partial charge in [-0.2, -0.15) is 0 Å². The van der Waals surface area contributed by atoms with Crippen molar-refractivity contribution < 1.29 is 9.53 Å². The van der Waals surface area contributed by atoms with Crippen LogP contribution in [-0.2, 0) is 9.53 Å². The maximum atomic E-state index is 11.6. The maximum absolute atomic E-state index is 11.6. The molecular formula is C11H22N2O2. The third-order valence-corrected chi connectivity index (χ3v) is 3.02. The SMILES string of the molecule is COC1CCC(NC(=O)CC(C)CN)C1. The van der Waals surface area contributed by atoms with E-state index in [0.717, 1.165) is 19.3 Å². The summed E-state index contributed by atoms with van der Waals surface area (Å²) in [6, 6.07) is 0.299. The van der Waals surface area contributed by atoms with E-state index in [2.05, 4.69) is 5.32 Å². The Morgan fingerprint density at radius 3 is 2.87 bits per heavy atom. The first-order valence-corrected chi connectivity index (χ1v) is 5.68. The minimum Gasteiger partial charge on any atom is -0.381 e. The van der Waals surface area contributed by atoms with E-state index in [4.69, 9.17) is 10.5 Å². The summed E-state index contributed by atoms with van der Waals surface area (Å²) in [6.45, 7) is 2.56. The first-order valence-electron chi connectivity index (χ1n) is 5.68. The molecule has 0 aromatic heterocycles. The van der Waals surface area contributed by atoms with E-state index in [1.54, 1.807) is 7.11 Å². The van der Waals surface area contributed by atoms with E-state index in [1.807, 2.05) is 6.92 Å². The van der Waals surface area contributed by atoms with Gasteiger partial charge < -0.3 is 15.8 Å². The van der Waals surface area contributed by atoms with Crippen LogP contribution in [-0.4, -0.2) is 31.7 Å². The van der Waals surface area contributed by atoms with E-state index >= 15 is 0 Å². The molecule has 0 radical (unpaired) electrons. The Bertz CT molecular complexity index is 209. The Morgan fingerprint density at radius 1 is 1.60 bits per heavy atom. The molecule has 0 saturated heterocycles. The van der Waals surface area contributed by atoms with E-state index in [0.29, 0.717) is 25.1 Å². The molecule has 1 saturated carbocycles. The molecular weight excluding hydrogens is 192 g/mol. The Hall–Kier alpha value is -0.610. The van der Waals surface area contributed by atoms with Gasteiger partial charge in [-0.1, -0.05) is 6.92 Å². The fourth-order valence-electron chi connectivity index (χ4n) is 1.97. The number of hydrogen-bond donors (Lipinski definition) is 2. The number of methoxy groups -OCH3 is 1. The van der Waals surface area contributed by atoms with Crippen LogP contribution >= 0.6 is 0 Å². The Morgan fingerprint density at radius 2 is 2.33 bits per heavy atom. The van der Waals surface area contributed by atoms with Crippen molar-refractivity contribution in [2.45, 2.75) is 44.8 Å². The highest BCUT2D eigenvalue weighted by Crippen LogP contribution is 2.21. The van der Waals surface area contributed by atoms with Crippen molar-refractivity contribution in [2.75, 3.05) is 13.7 Å². The van der Waals surface area contributed by atoms with E-state index < -0.39 is 0 Å². The van der Waals surface area contributed by atoms with Crippen molar-refractivity contribution in [3.63, 3.8) is 0 Å². The molecule has 15 heavy (non-hydrogen) atoms. The van der Waals surface area contributed by atoms with Gasteiger partial charge in [0.15, 0.2) is 0 Å². The summed E-state index contributed by atoms with van der Waals surface area (Å²) in [4.78, 5) is 11.6. The van der Waals surface area contributed by atoms with Gasteiger partial charge in [0.25, 0.3) is 0 Å². The fraction of sp³-hybridized carbons (Fsp3) is 0.909. The lowest BCUT2D eigenvalue weighted by molar-refractivity contribution is -0.122. The van der Waals surface area contributed by atoms with Crippen LogP contribution in [0.15, 0.2) is 0 Å². The number of rotatable bonds is 5. The molecule has 88 valence electrons. The molecule has 3 N–H and O–H groups in total. The number of nitrogens with one attached hydrogen (secondary N) is 1. The molecule has 1 fully saturated rings. The van der Waals surface area contributed by atoms with Crippen LogP contribution in [0.3, 0.4) is 0 Å². The average molecular weight is 214 g/mol. The van der Waals surface area contributed by atoms with Crippen molar-refractivity contribution in [1.82, 2.24) is 5.32 Å². The summed E-state index contributed by atoms with van der Waals surface area (Å²) >= 11 is 0. The van der Waals surface area contributed by atoms with Gasteiger partial charge in [-0.3, -0.25) is 4.79 Å². The van der Waals surface area contributed by atoms with Gasteiger partial charge in [-0.25, -0.2) is 0 Å². The topological polar surface area (TPSA) is 64.3 Å². The summed E-state index contributed by atoms with van der Waals surface area (Å²) in [5.74, 6) is 0.388. The van der Waals surface area contributed by atoms with Crippen LogP contribution in [0.4, 0.5) is 0 Å². The van der Waals surface area contributed by atoms with Gasteiger partial charge in [-0.15, -0.1) is 0 Å². The fourth-order valence-corrected chi connectivity index (χ4v) is 1.97. The molecule has 3 unspecified atom stereocenters. The maximum Gasteiger partial charge on any atom is 0.220 e. The molecule has 1 aliphatic carbocycles. The minimum absolute atomic E-state index is 0.120. The highest BCUT2D eigenvalue weighted by molar-refractivity contribution is 5.76. The third kappa shape index (κ3) is 4.18. The quantitative estimate of drug-likeness (QED) is 0.706. The largest absolute Gasteiger partial charge is 0.381 e. The van der Waals surface area contributed by atoms with E-state index in [-0.39, 0.29) is 11.8 Å². The zero-order chi connectivity index (χ0) is 11.3. The van der Waals surface area contributed by atoms with Crippen LogP contribution in [0.1, 0.15) is 32.6 Å². The van der Waals surface area contributed by atoms with Gasteiger partial charge in [0.2, 0.25) is 5.91 Å². The van der Waals surface area contributed by atoms with Crippen molar-refractivity contribution in [2.24, 2.45) is 11.7 Å². The highest BCUT2D eigenvalue weighted by Gasteiger charge is 2.25. The van der Waals surface area contributed by atoms with Crippen LogP contribution in [0.2, 0.25) is 0 Å². The van der Waals surface area contributed by atoms with E-state index in [9.17, 15) is 4.79 Å². The summed E-state index contributed by atoms with van der Waals surface area (Å²) in [7, 11) is 1.73. The molecule has 0 heterocycles. The molecule has 1 amide bonds. The number of hydrogen-bond acceptors (Lipinski definition) is 3. The van der Waals surface area contributed by atoms with Crippen LogP contribution in [0.5, 0.6) is 0 Å². The number of carbonyl (C=O) groups is 1. The summed E-state index contributed by atoms with van der Waals surface area (Å²) in [5.41, 5.74) is 5.47. The Labute approximate surface area is 91.5 Å². The van der Waals surface area contributed by atoms with Gasteiger partial charge >= 0.3 is 0 Å². The van der Waals surface area contributed by atoms with Gasteiger partial charge in [-0.05, 0) is 31.7 Å². The predicted octanol–water partition coefficient (Wildman–Crippen LogP) is 0.655. The first-order chi connectivity index (χ1) is 7.15. The second-order valence-electron chi connectivity index (χ2n) is 4.48. The lowest BCUT2D eigenvalue weighted by Crippen LogP contribution is -2.35. The molecule has 0 aliphatic heterocycles. The molecule has 0 spiro atoms. The molecule has 0 bridgehead atoms. The smallest absolute Gasteiger partial charge is 0.220 e. The highest BCUT2D eigenvalue weighted by atomic mass is 16.5. The summed E-state index contributed by atoms with van der Waals surface area (Å²) < 4.78 is 5.25. The molecule has 1 rings (SSSR count). The predicted molar refractivity (Wildman–Crippen MR) is 59.4 cm³/mol. The van der Waals surface area contributed by atoms with Gasteiger partial charge in [0.1, 0.15) is 0 Å². The van der Waals surface area contributed by atoms with Crippen molar-refractivity contribution in [1.29, 1.82) is 0 Å². The van der Waals surface area contributed by atoms with Crippen LogP contribution in [0, 0.1) is 5.92 Å². The van der Waals surface area contributed by atoms with Gasteiger partial charge in [0.05, 0.1) is 6.10 Å². The molecule has 4 nitrogen and oxygen atoms in total. The summed E-state index contributed by atoms with van der Waals surface area (Å²) in [5, 5.41) is 3.03. The third-order valence-electron chi connectivity index (χ3n) is 3.02. The minimum atomic E-state index is 0.120. The second kappa shape index (κ2) is 6.08. The number of carbonyl (C=O) groups excluding carboxylic acids is 1. The number of nitrogens with two attached hydrogens (primary N) is 1. The molecule has 3 atom stereocenters. The molecule has 4 heteroatoms.